The monoisotopic (exact) mass is 320 g/mol. The molecule has 0 saturated carbocycles. The van der Waals surface area contributed by atoms with Gasteiger partial charge in [-0.3, -0.25) is 14.9 Å². The van der Waals surface area contributed by atoms with Crippen molar-refractivity contribution in [2.24, 2.45) is 0 Å². The third-order valence-corrected chi connectivity index (χ3v) is 3.67. The van der Waals surface area contributed by atoms with Crippen LogP contribution in [0.5, 0.6) is 5.75 Å². The summed E-state index contributed by atoms with van der Waals surface area (Å²) in [6.07, 6.45) is -0.747. The Kier molecular flexibility index (Phi) is 5.24. The number of benzene rings is 1. The summed E-state index contributed by atoms with van der Waals surface area (Å²) in [5.74, 6) is 0.0273. The summed E-state index contributed by atoms with van der Waals surface area (Å²) in [6, 6.07) is 6.67. The van der Waals surface area contributed by atoms with Crippen LogP contribution in [0.2, 0.25) is 0 Å². The van der Waals surface area contributed by atoms with E-state index in [1.165, 1.54) is 18.3 Å². The third-order valence-electron chi connectivity index (χ3n) is 2.87. The summed E-state index contributed by atoms with van der Waals surface area (Å²) in [6.45, 7) is 2.91. The maximum atomic E-state index is 12.0. The van der Waals surface area contributed by atoms with Gasteiger partial charge in [-0.05, 0) is 26.0 Å². The van der Waals surface area contributed by atoms with Gasteiger partial charge in [0, 0.05) is 10.9 Å². The van der Waals surface area contributed by atoms with Crippen molar-refractivity contribution in [1.82, 2.24) is 4.98 Å². The number of thiazole rings is 1. The van der Waals surface area contributed by atoms with E-state index in [1.54, 1.807) is 36.6 Å². The minimum Gasteiger partial charge on any atom is -0.481 e. The highest BCUT2D eigenvalue weighted by molar-refractivity contribution is 7.13. The predicted molar refractivity (Wildman–Crippen MR) is 83.2 cm³/mol. The topological polar surface area (TPSA) is 88.5 Å². The molecule has 116 valence electrons. The van der Waals surface area contributed by atoms with Crippen LogP contribution in [-0.2, 0) is 11.4 Å². The Labute approximate surface area is 131 Å². The number of aliphatic hydroxyl groups excluding tert-OH is 1. The van der Waals surface area contributed by atoms with Gasteiger partial charge < -0.3 is 9.84 Å². The van der Waals surface area contributed by atoms with Crippen LogP contribution in [0.15, 0.2) is 29.6 Å². The van der Waals surface area contributed by atoms with Gasteiger partial charge in [0.1, 0.15) is 5.75 Å². The summed E-state index contributed by atoms with van der Waals surface area (Å²) in [5.41, 5.74) is 1.03. The van der Waals surface area contributed by atoms with Crippen molar-refractivity contribution in [3.05, 3.63) is 40.9 Å². The first-order valence-corrected chi connectivity index (χ1v) is 7.51. The summed E-state index contributed by atoms with van der Waals surface area (Å²) in [7, 11) is 0. The van der Waals surface area contributed by atoms with E-state index in [0.29, 0.717) is 22.1 Å². The van der Waals surface area contributed by atoms with E-state index < -0.39 is 6.10 Å². The Hall–Kier alpha value is -2.25. The van der Waals surface area contributed by atoms with Gasteiger partial charge in [-0.2, -0.15) is 0 Å². The van der Waals surface area contributed by atoms with Crippen LogP contribution < -0.4 is 10.1 Å². The van der Waals surface area contributed by atoms with Gasteiger partial charge in [-0.25, -0.2) is 4.98 Å². The lowest BCUT2D eigenvalue weighted by atomic mass is 10.1. The van der Waals surface area contributed by atoms with Crippen LogP contribution >= 0.6 is 11.3 Å². The molecule has 7 heteroatoms. The average molecular weight is 320 g/mol. The number of hydrogen-bond donors (Lipinski definition) is 2. The molecule has 2 rings (SSSR count). The van der Waals surface area contributed by atoms with E-state index in [1.807, 2.05) is 0 Å². The average Bonchev–Trinajstić information content (AvgIpc) is 2.95. The molecule has 1 heterocycles. The molecule has 0 saturated heterocycles. The molecule has 0 aliphatic heterocycles. The van der Waals surface area contributed by atoms with Crippen LogP contribution in [0.4, 0.5) is 5.13 Å². The zero-order chi connectivity index (χ0) is 16.1. The molecule has 0 bridgehead atoms. The lowest BCUT2D eigenvalue weighted by Crippen LogP contribution is -2.30. The highest BCUT2D eigenvalue weighted by atomic mass is 32.1. The molecule has 0 aliphatic rings. The fourth-order valence-electron chi connectivity index (χ4n) is 1.69. The molecule has 2 aromatic rings. The molecule has 0 fully saturated rings. The summed E-state index contributed by atoms with van der Waals surface area (Å²) in [4.78, 5) is 27.4. The highest BCUT2D eigenvalue weighted by Crippen LogP contribution is 2.18. The number of nitrogens with zero attached hydrogens (tertiary/aromatic N) is 1. The number of Topliss-reactive ketones (excluding diaryl/α,β-unsaturated/α-hetero) is 1. The van der Waals surface area contributed by atoms with Crippen molar-refractivity contribution >= 4 is 28.2 Å². The number of rotatable bonds is 6. The van der Waals surface area contributed by atoms with Crippen molar-refractivity contribution in [1.29, 1.82) is 0 Å². The van der Waals surface area contributed by atoms with Gasteiger partial charge in [0.15, 0.2) is 17.0 Å². The highest BCUT2D eigenvalue weighted by Gasteiger charge is 2.16. The number of carbonyl (C=O) groups is 2. The molecule has 0 radical (unpaired) electrons. The Morgan fingerprint density at radius 1 is 1.45 bits per heavy atom. The van der Waals surface area contributed by atoms with Gasteiger partial charge in [-0.15, -0.1) is 11.3 Å². The first kappa shape index (κ1) is 16.1. The van der Waals surface area contributed by atoms with Crippen LogP contribution in [-0.4, -0.2) is 27.9 Å². The first-order chi connectivity index (χ1) is 10.5. The Morgan fingerprint density at radius 3 is 2.86 bits per heavy atom. The number of hydrogen-bond acceptors (Lipinski definition) is 6. The van der Waals surface area contributed by atoms with E-state index in [2.05, 4.69) is 10.3 Å². The van der Waals surface area contributed by atoms with Crippen molar-refractivity contribution in [2.75, 3.05) is 5.32 Å². The molecule has 1 atom stereocenters. The van der Waals surface area contributed by atoms with E-state index in [4.69, 9.17) is 9.84 Å². The molecule has 0 unspecified atom stereocenters. The molecule has 1 aromatic carbocycles. The summed E-state index contributed by atoms with van der Waals surface area (Å²) in [5, 5.41) is 13.6. The van der Waals surface area contributed by atoms with Crippen molar-refractivity contribution < 1.29 is 19.4 Å². The number of ketones is 1. The predicted octanol–water partition coefficient (Wildman–Crippen LogP) is 2.24. The van der Waals surface area contributed by atoms with E-state index in [9.17, 15) is 9.59 Å². The number of amides is 1. The zero-order valence-electron chi connectivity index (χ0n) is 12.2. The van der Waals surface area contributed by atoms with Crippen molar-refractivity contribution in [3.63, 3.8) is 0 Å². The van der Waals surface area contributed by atoms with Gasteiger partial charge in [0.05, 0.1) is 12.3 Å². The second-order valence-electron chi connectivity index (χ2n) is 4.64. The second-order valence-corrected chi connectivity index (χ2v) is 5.49. The maximum absolute atomic E-state index is 12.0. The van der Waals surface area contributed by atoms with E-state index in [0.717, 1.165) is 0 Å². The Morgan fingerprint density at radius 2 is 2.23 bits per heavy atom. The van der Waals surface area contributed by atoms with Crippen LogP contribution in [0.1, 0.15) is 29.9 Å². The van der Waals surface area contributed by atoms with Crippen LogP contribution in [0.25, 0.3) is 0 Å². The lowest BCUT2D eigenvalue weighted by molar-refractivity contribution is -0.122. The molecular formula is C15H16N2O4S. The summed E-state index contributed by atoms with van der Waals surface area (Å²) >= 11 is 1.23. The fraction of sp³-hybridized carbons (Fsp3) is 0.267. The molecule has 1 amide bonds. The number of carbonyl (C=O) groups excluding carboxylic acids is 2. The number of ether oxygens (including phenoxy) is 1. The number of nitrogens with one attached hydrogen (secondary N) is 1. The van der Waals surface area contributed by atoms with Crippen molar-refractivity contribution in [3.8, 4) is 5.75 Å². The Bertz CT molecular complexity index is 684. The smallest absolute Gasteiger partial charge is 0.266 e. The number of anilines is 1. The normalized spacial score (nSPS) is 11.8. The van der Waals surface area contributed by atoms with Gasteiger partial charge in [0.2, 0.25) is 0 Å². The third kappa shape index (κ3) is 4.12. The standard InChI is InChI=1S/C15H16N2O4S/c1-9(19)11-4-3-5-13(6-11)21-10(2)14(20)17-15-16-12(7-18)8-22-15/h3-6,8,10,18H,7H2,1-2H3,(H,16,17,20)/t10-/m1/s1. The minimum absolute atomic E-state index is 0.0677. The SMILES string of the molecule is CC(=O)c1cccc(O[C@H](C)C(=O)Nc2nc(CO)cs2)c1. The second kappa shape index (κ2) is 7.15. The molecular weight excluding hydrogens is 304 g/mol. The van der Waals surface area contributed by atoms with Crippen LogP contribution in [0, 0.1) is 0 Å². The van der Waals surface area contributed by atoms with Gasteiger partial charge in [0.25, 0.3) is 5.91 Å². The summed E-state index contributed by atoms with van der Waals surface area (Å²) < 4.78 is 5.54. The van der Waals surface area contributed by atoms with Crippen LogP contribution in [0.3, 0.4) is 0 Å². The van der Waals surface area contributed by atoms with E-state index in [-0.39, 0.29) is 18.3 Å². The quantitative estimate of drug-likeness (QED) is 0.797. The minimum atomic E-state index is -0.747. The molecule has 2 N–H and O–H groups in total. The van der Waals surface area contributed by atoms with Crippen molar-refractivity contribution in [2.45, 2.75) is 26.6 Å². The van der Waals surface area contributed by atoms with Gasteiger partial charge >= 0.3 is 0 Å². The molecule has 1 aromatic heterocycles. The number of aromatic nitrogens is 1. The van der Waals surface area contributed by atoms with Gasteiger partial charge in [-0.1, -0.05) is 12.1 Å². The van der Waals surface area contributed by atoms with E-state index >= 15 is 0 Å². The Balaban J connectivity index is 1.99. The molecule has 22 heavy (non-hydrogen) atoms. The molecule has 0 spiro atoms. The molecule has 6 nitrogen and oxygen atoms in total. The lowest BCUT2D eigenvalue weighted by Gasteiger charge is -2.14. The largest absolute Gasteiger partial charge is 0.481 e. The first-order valence-electron chi connectivity index (χ1n) is 6.63. The fourth-order valence-corrected chi connectivity index (χ4v) is 2.39. The molecule has 0 aliphatic carbocycles. The zero-order valence-corrected chi connectivity index (χ0v) is 13.0. The number of aliphatic hydroxyl groups is 1. The maximum Gasteiger partial charge on any atom is 0.266 e.